The number of aldehydes is 1. The van der Waals surface area contributed by atoms with Gasteiger partial charge in [0.15, 0.2) is 6.29 Å². The zero-order valence-electron chi connectivity index (χ0n) is 13.8. The van der Waals surface area contributed by atoms with E-state index in [1.165, 1.54) is 6.42 Å². The molecule has 1 aromatic heterocycles. The number of ether oxygens (including phenoxy) is 1. The lowest BCUT2D eigenvalue weighted by Crippen LogP contribution is -2.37. The molecule has 2 rings (SSSR count). The number of carbonyl (C=O) groups is 1. The maximum absolute atomic E-state index is 12.6. The molecule has 0 aliphatic carbocycles. The molecule has 0 N–H and O–H groups in total. The minimum absolute atomic E-state index is 0.181. The minimum Gasteiger partial charge on any atom is -0.385 e. The molecule has 0 aromatic carbocycles. The van der Waals surface area contributed by atoms with E-state index in [1.807, 2.05) is 13.0 Å². The molecule has 1 aliphatic heterocycles. The van der Waals surface area contributed by atoms with Crippen LogP contribution in [-0.4, -0.2) is 37.7 Å². The molecule has 0 spiro atoms. The molecule has 0 saturated carbocycles. The molecule has 0 amide bonds. The number of methoxy groups -OCH3 is 1. The maximum Gasteiger partial charge on any atom is 0.263 e. The Labute approximate surface area is 131 Å². The molecular formula is C17H26N2O3. The fourth-order valence-electron chi connectivity index (χ4n) is 3.19. The highest BCUT2D eigenvalue weighted by atomic mass is 16.5. The van der Waals surface area contributed by atoms with Gasteiger partial charge < -0.3 is 14.2 Å². The van der Waals surface area contributed by atoms with Crippen LogP contribution in [0.4, 0.5) is 5.69 Å². The summed E-state index contributed by atoms with van der Waals surface area (Å²) < 4.78 is 6.72. The highest BCUT2D eigenvalue weighted by Gasteiger charge is 2.22. The molecule has 1 atom stereocenters. The van der Waals surface area contributed by atoms with Gasteiger partial charge in [-0.1, -0.05) is 6.92 Å². The summed E-state index contributed by atoms with van der Waals surface area (Å²) in [6, 6.07) is 1.98. The minimum atomic E-state index is -0.181. The van der Waals surface area contributed by atoms with Gasteiger partial charge >= 0.3 is 0 Å². The van der Waals surface area contributed by atoms with E-state index >= 15 is 0 Å². The highest BCUT2D eigenvalue weighted by molar-refractivity contribution is 5.84. The van der Waals surface area contributed by atoms with Gasteiger partial charge in [0.05, 0.1) is 5.69 Å². The number of piperidine rings is 1. The highest BCUT2D eigenvalue weighted by Crippen LogP contribution is 2.25. The van der Waals surface area contributed by atoms with Crippen LogP contribution in [0.2, 0.25) is 0 Å². The smallest absolute Gasteiger partial charge is 0.263 e. The summed E-state index contributed by atoms with van der Waals surface area (Å²) in [5.74, 6) is 0.595. The van der Waals surface area contributed by atoms with Crippen LogP contribution in [0.5, 0.6) is 0 Å². The van der Waals surface area contributed by atoms with E-state index in [9.17, 15) is 9.59 Å². The van der Waals surface area contributed by atoms with Crippen molar-refractivity contribution in [1.29, 1.82) is 0 Å². The van der Waals surface area contributed by atoms with Crippen molar-refractivity contribution in [3.8, 4) is 0 Å². The SMILES string of the molecule is COCCCn1c(C)cc(N2CCCC(C)C2)c(C=O)c1=O. The molecule has 122 valence electrons. The first-order chi connectivity index (χ1) is 10.6. The van der Waals surface area contributed by atoms with Crippen LogP contribution >= 0.6 is 0 Å². The van der Waals surface area contributed by atoms with Crippen LogP contribution in [0.1, 0.15) is 42.2 Å². The number of nitrogens with zero attached hydrogens (tertiary/aromatic N) is 2. The van der Waals surface area contributed by atoms with Gasteiger partial charge in [0.2, 0.25) is 0 Å². The summed E-state index contributed by atoms with van der Waals surface area (Å²) in [5, 5.41) is 0. The molecule has 5 nitrogen and oxygen atoms in total. The molecule has 2 heterocycles. The lowest BCUT2D eigenvalue weighted by molar-refractivity contribution is 0.112. The largest absolute Gasteiger partial charge is 0.385 e. The quantitative estimate of drug-likeness (QED) is 0.597. The van der Waals surface area contributed by atoms with E-state index < -0.39 is 0 Å². The van der Waals surface area contributed by atoms with Gasteiger partial charge in [-0.3, -0.25) is 9.59 Å². The number of anilines is 1. The molecular weight excluding hydrogens is 280 g/mol. The first kappa shape index (κ1) is 16.7. The van der Waals surface area contributed by atoms with Crippen molar-refractivity contribution in [2.75, 3.05) is 31.7 Å². The van der Waals surface area contributed by atoms with Gasteiger partial charge in [0, 0.05) is 39.0 Å². The first-order valence-corrected chi connectivity index (χ1v) is 8.02. The van der Waals surface area contributed by atoms with Crippen molar-refractivity contribution in [2.45, 2.75) is 39.7 Å². The van der Waals surface area contributed by atoms with E-state index in [0.717, 1.165) is 37.3 Å². The van der Waals surface area contributed by atoms with Crippen LogP contribution in [0.25, 0.3) is 0 Å². The molecule has 1 aliphatic rings. The molecule has 5 heteroatoms. The van der Waals surface area contributed by atoms with Crippen LogP contribution < -0.4 is 10.5 Å². The fourth-order valence-corrected chi connectivity index (χ4v) is 3.19. The lowest BCUT2D eigenvalue weighted by atomic mass is 9.99. The predicted octanol–water partition coefficient (Wildman–Crippen LogP) is 2.24. The normalized spacial score (nSPS) is 18.5. The Bertz CT molecular complexity index is 580. The summed E-state index contributed by atoms with van der Waals surface area (Å²) in [6.45, 7) is 7.15. The van der Waals surface area contributed by atoms with Crippen molar-refractivity contribution in [1.82, 2.24) is 4.57 Å². The molecule has 0 bridgehead atoms. The second-order valence-corrected chi connectivity index (χ2v) is 6.20. The summed E-state index contributed by atoms with van der Waals surface area (Å²) >= 11 is 0. The third-order valence-corrected chi connectivity index (χ3v) is 4.37. The van der Waals surface area contributed by atoms with Crippen molar-refractivity contribution in [2.24, 2.45) is 5.92 Å². The van der Waals surface area contributed by atoms with Gasteiger partial charge in [-0.05, 0) is 38.2 Å². The predicted molar refractivity (Wildman–Crippen MR) is 87.9 cm³/mol. The maximum atomic E-state index is 12.6. The molecule has 22 heavy (non-hydrogen) atoms. The number of aryl methyl sites for hydroxylation is 1. The third kappa shape index (κ3) is 3.58. The second kappa shape index (κ2) is 7.58. The molecule has 1 aromatic rings. The van der Waals surface area contributed by atoms with Gasteiger partial charge in [-0.2, -0.15) is 0 Å². The van der Waals surface area contributed by atoms with Crippen LogP contribution in [0, 0.1) is 12.8 Å². The monoisotopic (exact) mass is 306 g/mol. The standard InChI is InChI=1S/C17H26N2O3/c1-13-6-4-7-18(11-13)16-10-14(2)19(8-5-9-22-3)17(21)15(16)12-20/h10,12-13H,4-9,11H2,1-3H3. The fraction of sp³-hybridized carbons (Fsp3) is 0.647. The zero-order valence-corrected chi connectivity index (χ0v) is 13.8. The molecule has 0 radical (unpaired) electrons. The third-order valence-electron chi connectivity index (χ3n) is 4.37. The Morgan fingerprint density at radius 1 is 1.45 bits per heavy atom. The Morgan fingerprint density at radius 3 is 2.86 bits per heavy atom. The Kier molecular flexibility index (Phi) is 5.77. The van der Waals surface area contributed by atoms with Crippen molar-refractivity contribution >= 4 is 12.0 Å². The van der Waals surface area contributed by atoms with Crippen LogP contribution in [0.3, 0.4) is 0 Å². The van der Waals surface area contributed by atoms with Crippen LogP contribution in [0.15, 0.2) is 10.9 Å². The average Bonchev–Trinajstić information content (AvgIpc) is 2.50. The number of carbonyl (C=O) groups excluding carboxylic acids is 1. The summed E-state index contributed by atoms with van der Waals surface area (Å²) in [4.78, 5) is 26.3. The second-order valence-electron chi connectivity index (χ2n) is 6.20. The van der Waals surface area contributed by atoms with E-state index in [0.29, 0.717) is 25.4 Å². The van der Waals surface area contributed by atoms with Crippen molar-refractivity contribution in [3.05, 3.63) is 27.7 Å². The summed E-state index contributed by atoms with van der Waals surface area (Å²) in [6.07, 6.45) is 3.79. The zero-order chi connectivity index (χ0) is 16.1. The topological polar surface area (TPSA) is 51.5 Å². The Hall–Kier alpha value is -1.62. The van der Waals surface area contributed by atoms with Gasteiger partial charge in [0.1, 0.15) is 5.56 Å². The van der Waals surface area contributed by atoms with Crippen LogP contribution in [-0.2, 0) is 11.3 Å². The van der Waals surface area contributed by atoms with E-state index in [1.54, 1.807) is 11.7 Å². The Balaban J connectivity index is 2.35. The van der Waals surface area contributed by atoms with E-state index in [-0.39, 0.29) is 11.1 Å². The van der Waals surface area contributed by atoms with E-state index in [4.69, 9.17) is 4.74 Å². The lowest BCUT2D eigenvalue weighted by Gasteiger charge is -2.34. The molecule has 1 saturated heterocycles. The number of hydrogen-bond donors (Lipinski definition) is 0. The van der Waals surface area contributed by atoms with Gasteiger partial charge in [-0.25, -0.2) is 0 Å². The molecule has 1 unspecified atom stereocenters. The number of pyridine rings is 1. The summed E-state index contributed by atoms with van der Waals surface area (Å²) in [7, 11) is 1.65. The summed E-state index contributed by atoms with van der Waals surface area (Å²) in [5.41, 5.74) is 1.81. The average molecular weight is 306 g/mol. The van der Waals surface area contributed by atoms with Crippen molar-refractivity contribution in [3.63, 3.8) is 0 Å². The number of hydrogen-bond acceptors (Lipinski definition) is 4. The van der Waals surface area contributed by atoms with Gasteiger partial charge in [0.25, 0.3) is 5.56 Å². The van der Waals surface area contributed by atoms with Gasteiger partial charge in [-0.15, -0.1) is 0 Å². The number of aromatic nitrogens is 1. The first-order valence-electron chi connectivity index (χ1n) is 8.02. The van der Waals surface area contributed by atoms with Crippen molar-refractivity contribution < 1.29 is 9.53 Å². The Morgan fingerprint density at radius 2 is 2.23 bits per heavy atom. The number of rotatable bonds is 6. The van der Waals surface area contributed by atoms with E-state index in [2.05, 4.69) is 11.8 Å². The molecule has 1 fully saturated rings.